The summed E-state index contributed by atoms with van der Waals surface area (Å²) < 4.78 is 0. The lowest BCUT2D eigenvalue weighted by molar-refractivity contribution is 0.324. The van der Waals surface area contributed by atoms with Crippen molar-refractivity contribution < 1.29 is 0 Å². The van der Waals surface area contributed by atoms with E-state index in [2.05, 4.69) is 36.4 Å². The monoisotopic (exact) mass is 258 g/mol. The highest BCUT2D eigenvalue weighted by atomic mass is 16.3. The molecular weight excluding hydrogens is 240 g/mol. The average Bonchev–Trinajstić information content (AvgIpc) is 2.47. The molecule has 0 N–H and O–H groups in total. The molecule has 0 spiro atoms. The van der Waals surface area contributed by atoms with E-state index in [0.29, 0.717) is 18.0 Å². The first kappa shape index (κ1) is 13.6. The Kier molecular flexibility index (Phi) is 3.88. The van der Waals surface area contributed by atoms with Gasteiger partial charge in [-0.3, -0.25) is 0 Å². The third-order valence-electron chi connectivity index (χ3n) is 4.07. The summed E-state index contributed by atoms with van der Waals surface area (Å²) in [4.78, 5) is 21.0. The fourth-order valence-corrected chi connectivity index (χ4v) is 2.59. The molecular formula is C15H18N2O2. The Morgan fingerprint density at radius 3 is 2.37 bits per heavy atom. The van der Waals surface area contributed by atoms with E-state index in [9.17, 15) is 9.81 Å². The molecule has 2 atom stereocenters. The molecule has 0 aliphatic heterocycles. The summed E-state index contributed by atoms with van der Waals surface area (Å²) in [5.41, 5.74) is 1.69. The van der Waals surface area contributed by atoms with Gasteiger partial charge in [0.15, 0.2) is 0 Å². The molecule has 0 bridgehead atoms. The highest BCUT2D eigenvalue weighted by Gasteiger charge is 2.32. The zero-order chi connectivity index (χ0) is 13.9. The van der Waals surface area contributed by atoms with Crippen molar-refractivity contribution in [3.05, 3.63) is 57.5 Å². The highest BCUT2D eigenvalue weighted by Crippen LogP contribution is 2.42. The third-order valence-corrected chi connectivity index (χ3v) is 4.07. The van der Waals surface area contributed by atoms with E-state index in [0.717, 1.165) is 6.42 Å². The molecule has 0 saturated heterocycles. The molecule has 2 aliphatic carbocycles. The molecule has 0 saturated carbocycles. The standard InChI is InChI=1S/C15H18N2O2/c1-15(2,11-3-7-13(16-18)8-4-11)12-5-9-14(17-19)10-6-12/h3-5,7,9-10,12-13H,6,8H2,1-2H3. The molecule has 0 aromatic carbocycles. The molecule has 0 radical (unpaired) electrons. The van der Waals surface area contributed by atoms with E-state index >= 15 is 0 Å². The van der Waals surface area contributed by atoms with E-state index in [4.69, 9.17) is 0 Å². The first-order valence-corrected chi connectivity index (χ1v) is 6.51. The van der Waals surface area contributed by atoms with Crippen LogP contribution in [0.2, 0.25) is 0 Å². The van der Waals surface area contributed by atoms with Crippen LogP contribution in [0.15, 0.2) is 58.1 Å². The summed E-state index contributed by atoms with van der Waals surface area (Å²) in [7, 11) is 0. The third kappa shape index (κ3) is 2.78. The molecule has 2 rings (SSSR count). The van der Waals surface area contributed by atoms with Gasteiger partial charge in [0.05, 0.1) is 0 Å². The van der Waals surface area contributed by atoms with E-state index < -0.39 is 0 Å². The van der Waals surface area contributed by atoms with Crippen LogP contribution in [0.4, 0.5) is 0 Å². The van der Waals surface area contributed by atoms with Gasteiger partial charge in [0.25, 0.3) is 0 Å². The number of hydrogen-bond donors (Lipinski definition) is 0. The van der Waals surface area contributed by atoms with Crippen LogP contribution >= 0.6 is 0 Å². The normalized spacial score (nSPS) is 26.6. The Bertz CT molecular complexity index is 498. The molecule has 4 heteroatoms. The van der Waals surface area contributed by atoms with Crippen molar-refractivity contribution in [2.75, 3.05) is 0 Å². The molecule has 0 fully saturated rings. The van der Waals surface area contributed by atoms with E-state index in [-0.39, 0.29) is 11.5 Å². The number of rotatable bonds is 4. The van der Waals surface area contributed by atoms with Crippen molar-refractivity contribution in [2.24, 2.45) is 21.7 Å². The molecule has 0 aromatic rings. The molecule has 0 heterocycles. The maximum atomic E-state index is 10.5. The van der Waals surface area contributed by atoms with Crippen LogP contribution in [0.3, 0.4) is 0 Å². The van der Waals surface area contributed by atoms with Crippen LogP contribution in [-0.4, -0.2) is 6.04 Å². The maximum absolute atomic E-state index is 10.5. The summed E-state index contributed by atoms with van der Waals surface area (Å²) in [6.07, 6.45) is 13.2. The van der Waals surface area contributed by atoms with Crippen LogP contribution in [0.5, 0.6) is 0 Å². The zero-order valence-electron chi connectivity index (χ0n) is 11.2. The summed E-state index contributed by atoms with van der Waals surface area (Å²) >= 11 is 0. The Morgan fingerprint density at radius 2 is 1.89 bits per heavy atom. The summed E-state index contributed by atoms with van der Waals surface area (Å²) in [6.45, 7) is 4.36. The van der Waals surface area contributed by atoms with Crippen molar-refractivity contribution in [3.8, 4) is 0 Å². The fourth-order valence-electron chi connectivity index (χ4n) is 2.59. The number of allylic oxidation sites excluding steroid dienone is 5. The van der Waals surface area contributed by atoms with Gasteiger partial charge in [0, 0.05) is 0 Å². The number of hydrogen-bond acceptors (Lipinski definition) is 4. The first-order valence-electron chi connectivity index (χ1n) is 6.51. The SMILES string of the molecule is CC(C)(C1=CCC(N=O)C=C1)C1C=CC(N=O)=CC1. The van der Waals surface area contributed by atoms with Gasteiger partial charge >= 0.3 is 0 Å². The Labute approximate surface area is 112 Å². The van der Waals surface area contributed by atoms with Crippen molar-refractivity contribution >= 4 is 0 Å². The molecule has 0 aromatic heterocycles. The van der Waals surface area contributed by atoms with E-state index in [1.54, 1.807) is 6.08 Å². The lowest BCUT2D eigenvalue weighted by Crippen LogP contribution is -2.26. The minimum Gasteiger partial charge on any atom is -0.150 e. The lowest BCUT2D eigenvalue weighted by atomic mass is 9.69. The van der Waals surface area contributed by atoms with E-state index in [1.165, 1.54) is 5.57 Å². The van der Waals surface area contributed by atoms with Crippen LogP contribution in [-0.2, 0) is 0 Å². The van der Waals surface area contributed by atoms with Crippen molar-refractivity contribution in [1.29, 1.82) is 0 Å². The molecule has 0 amide bonds. The van der Waals surface area contributed by atoms with Gasteiger partial charge in [-0.2, -0.15) is 4.91 Å². The van der Waals surface area contributed by atoms with Crippen molar-refractivity contribution in [1.82, 2.24) is 0 Å². The summed E-state index contributed by atoms with van der Waals surface area (Å²) in [5, 5.41) is 5.99. The van der Waals surface area contributed by atoms with Gasteiger partial charge in [0.1, 0.15) is 11.7 Å². The number of nitroso groups, excluding NO2 is 2. The topological polar surface area (TPSA) is 58.9 Å². The van der Waals surface area contributed by atoms with Crippen LogP contribution in [0.25, 0.3) is 0 Å². The van der Waals surface area contributed by atoms with Gasteiger partial charge in [-0.1, -0.05) is 49.4 Å². The fraction of sp³-hybridized carbons (Fsp3) is 0.467. The zero-order valence-corrected chi connectivity index (χ0v) is 11.2. The largest absolute Gasteiger partial charge is 0.150 e. The van der Waals surface area contributed by atoms with Gasteiger partial charge < -0.3 is 0 Å². The maximum Gasteiger partial charge on any atom is 0.114 e. The van der Waals surface area contributed by atoms with Crippen LogP contribution < -0.4 is 0 Å². The van der Waals surface area contributed by atoms with Crippen molar-refractivity contribution in [2.45, 2.75) is 32.7 Å². The van der Waals surface area contributed by atoms with Crippen molar-refractivity contribution in [3.63, 3.8) is 0 Å². The smallest absolute Gasteiger partial charge is 0.114 e. The second kappa shape index (κ2) is 5.43. The summed E-state index contributed by atoms with van der Waals surface area (Å²) in [5.74, 6) is 0.328. The summed E-state index contributed by atoms with van der Waals surface area (Å²) in [6, 6.07) is -0.229. The van der Waals surface area contributed by atoms with Crippen LogP contribution in [0, 0.1) is 21.1 Å². The van der Waals surface area contributed by atoms with Gasteiger partial charge in [-0.15, -0.1) is 4.91 Å². The Hall–Kier alpha value is -1.84. The molecule has 19 heavy (non-hydrogen) atoms. The predicted octanol–water partition coefficient (Wildman–Crippen LogP) is 4.26. The lowest BCUT2D eigenvalue weighted by Gasteiger charge is -2.35. The highest BCUT2D eigenvalue weighted by molar-refractivity contribution is 5.34. The van der Waals surface area contributed by atoms with E-state index in [1.807, 2.05) is 18.2 Å². The second-order valence-corrected chi connectivity index (χ2v) is 5.57. The van der Waals surface area contributed by atoms with Gasteiger partial charge in [0.2, 0.25) is 0 Å². The quantitative estimate of drug-likeness (QED) is 0.707. The molecule has 4 nitrogen and oxygen atoms in total. The number of nitrogens with zero attached hydrogens (tertiary/aromatic N) is 2. The molecule has 100 valence electrons. The average molecular weight is 258 g/mol. The molecule has 2 unspecified atom stereocenters. The van der Waals surface area contributed by atoms with Crippen LogP contribution in [0.1, 0.15) is 26.7 Å². The van der Waals surface area contributed by atoms with Gasteiger partial charge in [-0.05, 0) is 41.0 Å². The first-order chi connectivity index (χ1) is 9.07. The minimum absolute atomic E-state index is 0.0359. The Morgan fingerprint density at radius 1 is 1.11 bits per heavy atom. The molecule has 2 aliphatic rings. The minimum atomic E-state index is -0.229. The van der Waals surface area contributed by atoms with Gasteiger partial charge in [-0.25, -0.2) is 0 Å². The Balaban J connectivity index is 2.12. The second-order valence-electron chi connectivity index (χ2n) is 5.57. The predicted molar refractivity (Wildman–Crippen MR) is 76.3 cm³/mol.